The van der Waals surface area contributed by atoms with Crippen molar-refractivity contribution in [1.29, 1.82) is 0 Å². The average Bonchev–Trinajstić information content (AvgIpc) is 3.25. The molecule has 0 aliphatic carbocycles. The van der Waals surface area contributed by atoms with Crippen molar-refractivity contribution in [3.8, 4) is 11.5 Å². The molecule has 4 rings (SSSR count). The van der Waals surface area contributed by atoms with Crippen molar-refractivity contribution in [2.75, 3.05) is 25.3 Å². The average molecular weight is 452 g/mol. The van der Waals surface area contributed by atoms with Crippen molar-refractivity contribution < 1.29 is 9.47 Å². The Bertz CT molecular complexity index is 1180. The van der Waals surface area contributed by atoms with E-state index in [4.69, 9.17) is 15.2 Å². The molecule has 11 nitrogen and oxygen atoms in total. The Morgan fingerprint density at radius 2 is 1.81 bits per heavy atom. The van der Waals surface area contributed by atoms with Gasteiger partial charge >= 0.3 is 0 Å². The third-order valence-electron chi connectivity index (χ3n) is 4.37. The highest BCUT2D eigenvalue weighted by atomic mass is 32.2. The number of aromatic nitrogens is 7. The zero-order valence-corrected chi connectivity index (χ0v) is 18.3. The van der Waals surface area contributed by atoms with Crippen LogP contribution < -0.4 is 20.5 Å². The summed E-state index contributed by atoms with van der Waals surface area (Å²) in [4.78, 5) is 12.8. The summed E-state index contributed by atoms with van der Waals surface area (Å²) >= 11 is 1.41. The standard InChI is InChI=1S/C20H21N9O2S/c1-30-14-9-7-13(8-10-14)11-29-20(26-27-28-29)32-12-17-23-18(21)25-19(24-17)22-15-5-3-4-6-16(15)31-2/h3-10H,11-12H2,1-2H3,(H3,21,22,23,24,25). The van der Waals surface area contributed by atoms with Crippen LogP contribution in [0.15, 0.2) is 53.7 Å². The number of para-hydroxylation sites is 2. The van der Waals surface area contributed by atoms with E-state index >= 15 is 0 Å². The van der Waals surface area contributed by atoms with E-state index in [9.17, 15) is 0 Å². The highest BCUT2D eigenvalue weighted by Gasteiger charge is 2.12. The van der Waals surface area contributed by atoms with Crippen LogP contribution >= 0.6 is 11.8 Å². The fourth-order valence-corrected chi connectivity index (χ4v) is 3.59. The zero-order chi connectivity index (χ0) is 22.3. The molecule has 164 valence electrons. The SMILES string of the molecule is COc1ccc(Cn2nnnc2SCc2nc(N)nc(Nc3ccccc3OC)n2)cc1. The monoisotopic (exact) mass is 451 g/mol. The van der Waals surface area contributed by atoms with Crippen molar-refractivity contribution >= 4 is 29.3 Å². The first-order valence-electron chi connectivity index (χ1n) is 9.57. The van der Waals surface area contributed by atoms with Gasteiger partial charge in [0.05, 0.1) is 32.2 Å². The summed E-state index contributed by atoms with van der Waals surface area (Å²) in [7, 11) is 3.23. The Kier molecular flexibility index (Phi) is 6.60. The van der Waals surface area contributed by atoms with Gasteiger partial charge in [-0.05, 0) is 40.3 Å². The minimum atomic E-state index is 0.117. The van der Waals surface area contributed by atoms with Crippen molar-refractivity contribution in [2.24, 2.45) is 0 Å². The molecule has 2 aromatic carbocycles. The highest BCUT2D eigenvalue weighted by Crippen LogP contribution is 2.26. The van der Waals surface area contributed by atoms with Gasteiger partial charge in [0.15, 0.2) is 0 Å². The molecule has 0 spiro atoms. The van der Waals surface area contributed by atoms with Gasteiger partial charge in [-0.25, -0.2) is 4.68 Å². The van der Waals surface area contributed by atoms with Gasteiger partial charge < -0.3 is 20.5 Å². The van der Waals surface area contributed by atoms with Crippen LogP contribution in [0.3, 0.4) is 0 Å². The number of ether oxygens (including phenoxy) is 2. The van der Waals surface area contributed by atoms with Gasteiger partial charge in [0, 0.05) is 0 Å². The molecule has 3 N–H and O–H groups in total. The van der Waals surface area contributed by atoms with Crippen molar-refractivity contribution in [3.05, 3.63) is 59.9 Å². The fourth-order valence-electron chi connectivity index (χ4n) is 2.86. The molecule has 0 bridgehead atoms. The molecule has 0 aliphatic heterocycles. The zero-order valence-electron chi connectivity index (χ0n) is 17.5. The maximum Gasteiger partial charge on any atom is 0.232 e. The minimum absolute atomic E-state index is 0.117. The molecule has 0 atom stereocenters. The van der Waals surface area contributed by atoms with E-state index in [1.165, 1.54) is 11.8 Å². The number of anilines is 3. The predicted molar refractivity (Wildman–Crippen MR) is 120 cm³/mol. The van der Waals surface area contributed by atoms with E-state index in [-0.39, 0.29) is 5.95 Å². The van der Waals surface area contributed by atoms with Crippen LogP contribution in [0.4, 0.5) is 17.6 Å². The summed E-state index contributed by atoms with van der Waals surface area (Å²) in [5.74, 6) is 2.82. The lowest BCUT2D eigenvalue weighted by atomic mass is 10.2. The summed E-state index contributed by atoms with van der Waals surface area (Å²) in [5.41, 5.74) is 7.66. The number of hydrogen-bond acceptors (Lipinski definition) is 11. The topological polar surface area (TPSA) is 139 Å². The van der Waals surface area contributed by atoms with Crippen LogP contribution in [0, 0.1) is 0 Å². The summed E-state index contributed by atoms with van der Waals surface area (Å²) in [6, 6.07) is 15.2. The number of rotatable bonds is 9. The predicted octanol–water partition coefficient (Wildman–Crippen LogP) is 2.54. The van der Waals surface area contributed by atoms with E-state index < -0.39 is 0 Å². The number of tetrazole rings is 1. The molecule has 2 aromatic heterocycles. The molecule has 0 aliphatic rings. The van der Waals surface area contributed by atoms with E-state index in [0.717, 1.165) is 17.0 Å². The lowest BCUT2D eigenvalue weighted by Gasteiger charge is -2.10. The second-order valence-electron chi connectivity index (χ2n) is 6.51. The Hall–Kier alpha value is -3.93. The van der Waals surface area contributed by atoms with Crippen LogP contribution in [-0.4, -0.2) is 49.4 Å². The van der Waals surface area contributed by atoms with Crippen molar-refractivity contribution in [2.45, 2.75) is 17.5 Å². The number of thioether (sulfide) groups is 1. The van der Waals surface area contributed by atoms with Gasteiger partial charge in [-0.2, -0.15) is 15.0 Å². The Morgan fingerprint density at radius 1 is 1.00 bits per heavy atom. The first-order chi connectivity index (χ1) is 15.6. The van der Waals surface area contributed by atoms with E-state index in [2.05, 4.69) is 35.8 Å². The Morgan fingerprint density at radius 3 is 2.59 bits per heavy atom. The number of nitrogens with two attached hydrogens (primary N) is 1. The normalized spacial score (nSPS) is 10.7. The lowest BCUT2D eigenvalue weighted by Crippen LogP contribution is -2.08. The first-order valence-corrected chi connectivity index (χ1v) is 10.6. The minimum Gasteiger partial charge on any atom is -0.497 e. The van der Waals surface area contributed by atoms with Crippen LogP contribution in [0.25, 0.3) is 0 Å². The van der Waals surface area contributed by atoms with Gasteiger partial charge in [0.25, 0.3) is 0 Å². The third kappa shape index (κ3) is 5.21. The maximum absolute atomic E-state index is 5.89. The van der Waals surface area contributed by atoms with Gasteiger partial charge in [-0.1, -0.05) is 36.0 Å². The Labute approximate surface area is 188 Å². The molecule has 4 aromatic rings. The number of hydrogen-bond donors (Lipinski definition) is 2. The van der Waals surface area contributed by atoms with Gasteiger partial charge in [0.2, 0.25) is 17.1 Å². The van der Waals surface area contributed by atoms with Crippen LogP contribution in [0.1, 0.15) is 11.4 Å². The smallest absolute Gasteiger partial charge is 0.232 e. The van der Waals surface area contributed by atoms with Crippen LogP contribution in [-0.2, 0) is 12.3 Å². The van der Waals surface area contributed by atoms with Gasteiger partial charge in [-0.3, -0.25) is 0 Å². The quantitative estimate of drug-likeness (QED) is 0.363. The van der Waals surface area contributed by atoms with E-state index in [0.29, 0.717) is 35.0 Å². The molecule has 32 heavy (non-hydrogen) atoms. The summed E-state index contributed by atoms with van der Waals surface area (Å²) in [5, 5.41) is 15.7. The first kappa shape index (κ1) is 21.3. The second-order valence-corrected chi connectivity index (χ2v) is 7.46. The van der Waals surface area contributed by atoms with E-state index in [1.807, 2.05) is 48.5 Å². The number of benzene rings is 2. The lowest BCUT2D eigenvalue weighted by molar-refractivity contribution is 0.414. The molecule has 0 saturated heterocycles. The van der Waals surface area contributed by atoms with Crippen LogP contribution in [0.2, 0.25) is 0 Å². The van der Waals surface area contributed by atoms with Crippen molar-refractivity contribution in [1.82, 2.24) is 35.2 Å². The molecule has 12 heteroatoms. The molecular formula is C20H21N9O2S. The van der Waals surface area contributed by atoms with Crippen molar-refractivity contribution in [3.63, 3.8) is 0 Å². The van der Waals surface area contributed by atoms with Gasteiger partial charge in [-0.15, -0.1) is 5.10 Å². The van der Waals surface area contributed by atoms with Crippen LogP contribution in [0.5, 0.6) is 11.5 Å². The summed E-state index contributed by atoms with van der Waals surface area (Å²) in [6.45, 7) is 0.527. The Balaban J connectivity index is 1.45. The summed E-state index contributed by atoms with van der Waals surface area (Å²) in [6.07, 6.45) is 0. The molecular weight excluding hydrogens is 430 g/mol. The molecule has 0 radical (unpaired) electrons. The number of nitrogens with zero attached hydrogens (tertiary/aromatic N) is 7. The molecule has 0 unspecified atom stereocenters. The highest BCUT2D eigenvalue weighted by molar-refractivity contribution is 7.98. The molecule has 0 saturated carbocycles. The largest absolute Gasteiger partial charge is 0.497 e. The molecule has 2 heterocycles. The molecule has 0 fully saturated rings. The number of nitrogen functional groups attached to an aromatic ring is 1. The molecule has 0 amide bonds. The summed E-state index contributed by atoms with van der Waals surface area (Å²) < 4.78 is 12.3. The number of nitrogens with one attached hydrogen (secondary N) is 1. The maximum atomic E-state index is 5.89. The number of methoxy groups -OCH3 is 2. The fraction of sp³-hybridized carbons (Fsp3) is 0.200. The van der Waals surface area contributed by atoms with E-state index in [1.54, 1.807) is 18.9 Å². The third-order valence-corrected chi connectivity index (χ3v) is 5.33. The second kappa shape index (κ2) is 9.92. The van der Waals surface area contributed by atoms with Gasteiger partial charge in [0.1, 0.15) is 17.3 Å².